The van der Waals surface area contributed by atoms with Crippen molar-refractivity contribution in [1.82, 2.24) is 0 Å². The molecule has 2 aromatic carbocycles. The molecule has 2 saturated carbocycles. The first-order chi connectivity index (χ1) is 15.9. The van der Waals surface area contributed by atoms with Crippen LogP contribution < -0.4 is 18.9 Å². The number of carboxylic acid groups (broad SMARTS) is 1. The van der Waals surface area contributed by atoms with E-state index in [-0.39, 0.29) is 23.0 Å². The fourth-order valence-electron chi connectivity index (χ4n) is 3.97. The zero-order chi connectivity index (χ0) is 24.5. The molecular weight excluding hydrogens is 488 g/mol. The van der Waals surface area contributed by atoms with Crippen molar-refractivity contribution in [3.05, 3.63) is 47.5 Å². The molecule has 0 saturated heterocycles. The number of carbonyl (C=O) groups excluding carboxylic acids is 1. The normalized spacial score (nSPS) is 22.3. The summed E-state index contributed by atoms with van der Waals surface area (Å²) < 4.78 is 68.3. The van der Waals surface area contributed by atoms with E-state index in [4.69, 9.17) is 16.7 Å². The second kappa shape index (κ2) is 7.14. The third-order valence-electron chi connectivity index (χ3n) is 6.19. The summed E-state index contributed by atoms with van der Waals surface area (Å²) in [4.78, 5) is 22.4. The number of hydrogen-bond donors (Lipinski definition) is 1. The van der Waals surface area contributed by atoms with Gasteiger partial charge in [0.2, 0.25) is 5.24 Å². The van der Waals surface area contributed by atoms with Gasteiger partial charge in [-0.05, 0) is 72.7 Å². The van der Waals surface area contributed by atoms with Gasteiger partial charge in [-0.25, -0.2) is 0 Å². The number of ether oxygens (including phenoxy) is 4. The summed E-state index contributed by atoms with van der Waals surface area (Å²) in [5, 5.41) is 8.62. The predicted molar refractivity (Wildman–Crippen MR) is 106 cm³/mol. The lowest BCUT2D eigenvalue weighted by Gasteiger charge is -2.10. The molecule has 0 bridgehead atoms. The van der Waals surface area contributed by atoms with Gasteiger partial charge < -0.3 is 24.1 Å². The molecule has 34 heavy (non-hydrogen) atoms. The Kier molecular flexibility index (Phi) is 4.74. The summed E-state index contributed by atoms with van der Waals surface area (Å²) in [5.74, 6) is -1.21. The standard InChI is InChI=1S/C11H7ClF2O3.C11H8F2O4/c12-9(15)10(3-4-10)6-1-2-7-8(5-6)17-11(13,14)16-7;12-11(13)16-7-2-1-6(5-8(7)17-11)10(3-4-10)9(14)15/h1-2,5H,3-4H2;1-2,5H,3-4H2,(H,14,15). The number of fused-ring (bicyclic) bond motifs is 2. The second-order valence-electron chi connectivity index (χ2n) is 8.40. The van der Waals surface area contributed by atoms with Crippen LogP contribution in [0.3, 0.4) is 0 Å². The molecule has 2 fully saturated rings. The Balaban J connectivity index is 0.000000142. The van der Waals surface area contributed by atoms with E-state index < -0.39 is 34.6 Å². The summed E-state index contributed by atoms with van der Waals surface area (Å²) in [6.07, 6.45) is -5.02. The van der Waals surface area contributed by atoms with Crippen LogP contribution in [0, 0.1) is 0 Å². The maximum absolute atomic E-state index is 12.8. The first kappa shape index (κ1) is 22.6. The minimum atomic E-state index is -3.67. The van der Waals surface area contributed by atoms with E-state index in [1.807, 2.05) is 0 Å². The van der Waals surface area contributed by atoms with Crippen molar-refractivity contribution in [3.63, 3.8) is 0 Å². The first-order valence-corrected chi connectivity index (χ1v) is 10.5. The largest absolute Gasteiger partial charge is 0.586 e. The minimum Gasteiger partial charge on any atom is -0.481 e. The molecule has 0 radical (unpaired) electrons. The molecule has 2 aliphatic carbocycles. The maximum atomic E-state index is 12.8. The van der Waals surface area contributed by atoms with E-state index >= 15 is 0 Å². The quantitative estimate of drug-likeness (QED) is 0.468. The van der Waals surface area contributed by atoms with Crippen molar-refractivity contribution in [2.75, 3.05) is 0 Å². The summed E-state index contributed by atoms with van der Waals surface area (Å²) >= 11 is 5.51. The van der Waals surface area contributed by atoms with Gasteiger partial charge in [0.15, 0.2) is 23.0 Å². The summed E-state index contributed by atoms with van der Waals surface area (Å²) in [6.45, 7) is 0. The molecule has 2 aromatic rings. The van der Waals surface area contributed by atoms with E-state index in [2.05, 4.69) is 18.9 Å². The molecule has 4 aliphatic rings. The van der Waals surface area contributed by atoms with Crippen LogP contribution in [0.4, 0.5) is 17.6 Å². The number of hydrogen-bond acceptors (Lipinski definition) is 6. The van der Waals surface area contributed by atoms with E-state index in [0.29, 0.717) is 36.8 Å². The molecule has 0 amide bonds. The van der Waals surface area contributed by atoms with Crippen molar-refractivity contribution in [3.8, 4) is 23.0 Å². The molecule has 2 heterocycles. The molecule has 0 unspecified atom stereocenters. The predicted octanol–water partition coefficient (Wildman–Crippen LogP) is 4.93. The topological polar surface area (TPSA) is 91.3 Å². The fourth-order valence-corrected chi connectivity index (χ4v) is 4.27. The van der Waals surface area contributed by atoms with Crippen molar-refractivity contribution in [1.29, 1.82) is 0 Å². The lowest BCUT2D eigenvalue weighted by atomic mass is 9.96. The van der Waals surface area contributed by atoms with Crippen molar-refractivity contribution < 1.29 is 51.2 Å². The lowest BCUT2D eigenvalue weighted by molar-refractivity contribution is -0.287. The van der Waals surface area contributed by atoms with Crippen molar-refractivity contribution in [2.45, 2.75) is 49.1 Å². The highest BCUT2D eigenvalue weighted by Gasteiger charge is 2.53. The number of carboxylic acids is 1. The minimum absolute atomic E-state index is 0.0310. The Labute approximate surface area is 194 Å². The first-order valence-electron chi connectivity index (χ1n) is 10.1. The van der Waals surface area contributed by atoms with Gasteiger partial charge >= 0.3 is 18.6 Å². The summed E-state index contributed by atoms with van der Waals surface area (Å²) in [5.41, 5.74) is -0.587. The van der Waals surface area contributed by atoms with Crippen LogP contribution in [0.25, 0.3) is 0 Å². The number of benzene rings is 2. The number of rotatable bonds is 4. The van der Waals surface area contributed by atoms with Crippen LogP contribution in [0.1, 0.15) is 36.8 Å². The van der Waals surface area contributed by atoms with Gasteiger partial charge in [0, 0.05) is 0 Å². The molecule has 0 spiro atoms. The van der Waals surface area contributed by atoms with Crippen LogP contribution >= 0.6 is 11.6 Å². The van der Waals surface area contributed by atoms with Gasteiger partial charge in [-0.3, -0.25) is 9.59 Å². The SMILES string of the molecule is O=C(Cl)C1(c2ccc3c(c2)OC(F)(F)O3)CC1.O=C(O)C1(c2ccc3c(c2)OC(F)(F)O3)CC1. The molecule has 7 nitrogen and oxygen atoms in total. The average molecular weight is 503 g/mol. The van der Waals surface area contributed by atoms with Crippen LogP contribution in [-0.4, -0.2) is 28.9 Å². The average Bonchev–Trinajstić information content (AvgIpc) is 3.63. The van der Waals surface area contributed by atoms with Crippen LogP contribution in [0.5, 0.6) is 23.0 Å². The Morgan fingerprint density at radius 3 is 1.44 bits per heavy atom. The van der Waals surface area contributed by atoms with Crippen molar-refractivity contribution >= 4 is 22.8 Å². The zero-order valence-corrected chi connectivity index (χ0v) is 17.8. The maximum Gasteiger partial charge on any atom is 0.586 e. The molecule has 0 atom stereocenters. The second-order valence-corrected chi connectivity index (χ2v) is 8.74. The Hall–Kier alpha value is -3.21. The highest BCUT2D eigenvalue weighted by atomic mass is 35.5. The fraction of sp³-hybridized carbons (Fsp3) is 0.364. The van der Waals surface area contributed by atoms with Crippen LogP contribution in [-0.2, 0) is 20.4 Å². The molecule has 1 N–H and O–H groups in total. The van der Waals surface area contributed by atoms with E-state index in [9.17, 15) is 27.2 Å². The zero-order valence-electron chi connectivity index (χ0n) is 17.1. The van der Waals surface area contributed by atoms with Gasteiger partial charge in [-0.2, -0.15) is 0 Å². The molecule has 180 valence electrons. The highest BCUT2D eigenvalue weighted by molar-refractivity contribution is 6.66. The number of aliphatic carboxylic acids is 1. The van der Waals surface area contributed by atoms with Gasteiger partial charge in [0.1, 0.15) is 0 Å². The summed E-state index contributed by atoms with van der Waals surface area (Å²) in [7, 11) is 0. The molecular formula is C22H15ClF4O7. The Morgan fingerprint density at radius 2 is 1.09 bits per heavy atom. The summed E-state index contributed by atoms with van der Waals surface area (Å²) in [6, 6.07) is 8.45. The van der Waals surface area contributed by atoms with E-state index in [1.165, 1.54) is 30.3 Å². The van der Waals surface area contributed by atoms with Crippen LogP contribution in [0.15, 0.2) is 36.4 Å². The van der Waals surface area contributed by atoms with E-state index in [1.54, 1.807) is 6.07 Å². The molecule has 6 rings (SSSR count). The van der Waals surface area contributed by atoms with Crippen molar-refractivity contribution in [2.24, 2.45) is 0 Å². The van der Waals surface area contributed by atoms with Gasteiger partial charge in [0.25, 0.3) is 0 Å². The molecule has 0 aromatic heterocycles. The molecule has 2 aliphatic heterocycles. The van der Waals surface area contributed by atoms with Gasteiger partial charge in [-0.1, -0.05) is 12.1 Å². The van der Waals surface area contributed by atoms with Gasteiger partial charge in [-0.15, -0.1) is 17.6 Å². The van der Waals surface area contributed by atoms with Crippen LogP contribution in [0.2, 0.25) is 0 Å². The molecule has 12 heteroatoms. The third kappa shape index (κ3) is 3.77. The third-order valence-corrected chi connectivity index (χ3v) is 6.56. The monoisotopic (exact) mass is 502 g/mol. The lowest BCUT2D eigenvalue weighted by Crippen LogP contribution is -2.26. The van der Waals surface area contributed by atoms with Gasteiger partial charge in [0.05, 0.1) is 10.8 Å². The van der Waals surface area contributed by atoms with E-state index in [0.717, 1.165) is 0 Å². The smallest absolute Gasteiger partial charge is 0.481 e. The Bertz CT molecular complexity index is 1110. The highest BCUT2D eigenvalue weighted by Crippen LogP contribution is 2.53. The Morgan fingerprint density at radius 1 is 0.706 bits per heavy atom. The number of carbonyl (C=O) groups is 2. The number of halogens is 5. The number of alkyl halides is 4.